The molecule has 1 saturated heterocycles. The van der Waals surface area contributed by atoms with Crippen LogP contribution in [0.3, 0.4) is 0 Å². The summed E-state index contributed by atoms with van der Waals surface area (Å²) in [6.07, 6.45) is 2.26. The standard InChI is InChI=1S/C16H24FN3O/c1-2-18-16(20-10-8-15(21)12-20)19-9-4-6-13-5-3-7-14(17)11-13/h3,5,7,11,15,21H,2,4,6,8-10,12H2,1H3,(H,18,19)/t15-/m1/s1. The fraction of sp³-hybridized carbons (Fsp3) is 0.562. The lowest BCUT2D eigenvalue weighted by atomic mass is 10.1. The summed E-state index contributed by atoms with van der Waals surface area (Å²) < 4.78 is 13.1. The van der Waals surface area contributed by atoms with E-state index in [4.69, 9.17) is 0 Å². The third kappa shape index (κ3) is 5.01. The maximum absolute atomic E-state index is 13.1. The van der Waals surface area contributed by atoms with Crippen molar-refractivity contribution in [3.8, 4) is 0 Å². The van der Waals surface area contributed by atoms with E-state index in [1.165, 1.54) is 6.07 Å². The zero-order valence-corrected chi connectivity index (χ0v) is 12.6. The quantitative estimate of drug-likeness (QED) is 0.494. The Morgan fingerprint density at radius 1 is 1.52 bits per heavy atom. The predicted molar refractivity (Wildman–Crippen MR) is 82.9 cm³/mol. The van der Waals surface area contributed by atoms with E-state index in [0.717, 1.165) is 43.9 Å². The Kier molecular flexibility index (Phi) is 5.99. The van der Waals surface area contributed by atoms with Gasteiger partial charge in [0.2, 0.25) is 0 Å². The van der Waals surface area contributed by atoms with E-state index < -0.39 is 0 Å². The van der Waals surface area contributed by atoms with Gasteiger partial charge in [0.25, 0.3) is 0 Å². The summed E-state index contributed by atoms with van der Waals surface area (Å²) in [7, 11) is 0. The largest absolute Gasteiger partial charge is 0.391 e. The summed E-state index contributed by atoms with van der Waals surface area (Å²) in [5, 5.41) is 12.9. The number of guanidine groups is 1. The van der Waals surface area contributed by atoms with Crippen molar-refractivity contribution >= 4 is 5.96 Å². The molecule has 5 heteroatoms. The highest BCUT2D eigenvalue weighted by molar-refractivity contribution is 5.80. The highest BCUT2D eigenvalue weighted by Gasteiger charge is 2.22. The van der Waals surface area contributed by atoms with Crippen LogP contribution in [0, 0.1) is 5.82 Å². The number of aliphatic imine (C=N–C) groups is 1. The third-order valence-electron chi connectivity index (χ3n) is 3.57. The van der Waals surface area contributed by atoms with Gasteiger partial charge in [0, 0.05) is 26.2 Å². The van der Waals surface area contributed by atoms with Crippen LogP contribution >= 0.6 is 0 Å². The van der Waals surface area contributed by atoms with Crippen LogP contribution in [-0.4, -0.2) is 48.2 Å². The van der Waals surface area contributed by atoms with Gasteiger partial charge < -0.3 is 15.3 Å². The molecule has 1 aromatic carbocycles. The summed E-state index contributed by atoms with van der Waals surface area (Å²) >= 11 is 0. The van der Waals surface area contributed by atoms with Crippen molar-refractivity contribution < 1.29 is 9.50 Å². The van der Waals surface area contributed by atoms with Gasteiger partial charge in [0.15, 0.2) is 5.96 Å². The number of aryl methyl sites for hydroxylation is 1. The molecule has 0 aromatic heterocycles. The van der Waals surface area contributed by atoms with Gasteiger partial charge in [-0.2, -0.15) is 0 Å². The number of hydrogen-bond donors (Lipinski definition) is 2. The van der Waals surface area contributed by atoms with Crippen molar-refractivity contribution in [1.29, 1.82) is 0 Å². The molecule has 1 aliphatic rings. The summed E-state index contributed by atoms with van der Waals surface area (Å²) in [4.78, 5) is 6.69. The van der Waals surface area contributed by atoms with Crippen LogP contribution in [0.25, 0.3) is 0 Å². The SMILES string of the molecule is CCNC(=NCCCc1cccc(F)c1)N1CC[C@@H](O)C1. The first-order valence-corrected chi connectivity index (χ1v) is 7.65. The van der Waals surface area contributed by atoms with E-state index in [0.29, 0.717) is 13.1 Å². The smallest absolute Gasteiger partial charge is 0.194 e. The summed E-state index contributed by atoms with van der Waals surface area (Å²) in [6.45, 7) is 5.04. The summed E-state index contributed by atoms with van der Waals surface area (Å²) in [5.74, 6) is 0.684. The van der Waals surface area contributed by atoms with E-state index >= 15 is 0 Å². The highest BCUT2D eigenvalue weighted by Crippen LogP contribution is 2.09. The maximum atomic E-state index is 13.1. The van der Waals surface area contributed by atoms with Gasteiger partial charge in [0.05, 0.1) is 6.10 Å². The van der Waals surface area contributed by atoms with Crippen LogP contribution in [0.2, 0.25) is 0 Å². The number of likely N-dealkylation sites (tertiary alicyclic amines) is 1. The molecule has 0 amide bonds. The van der Waals surface area contributed by atoms with E-state index in [9.17, 15) is 9.50 Å². The van der Waals surface area contributed by atoms with Gasteiger partial charge in [-0.1, -0.05) is 12.1 Å². The molecule has 1 aromatic rings. The number of aliphatic hydroxyl groups is 1. The maximum Gasteiger partial charge on any atom is 0.194 e. The number of β-amino-alcohol motifs (C(OH)–C–C–N with tert-alkyl or cyclic N) is 1. The second kappa shape index (κ2) is 7.98. The molecule has 0 aliphatic carbocycles. The molecule has 1 atom stereocenters. The third-order valence-corrected chi connectivity index (χ3v) is 3.57. The molecule has 4 nitrogen and oxygen atoms in total. The van der Waals surface area contributed by atoms with Gasteiger partial charge in [-0.3, -0.25) is 4.99 Å². The molecular weight excluding hydrogens is 269 g/mol. The second-order valence-electron chi connectivity index (χ2n) is 5.36. The fourth-order valence-corrected chi connectivity index (χ4v) is 2.52. The number of rotatable bonds is 5. The van der Waals surface area contributed by atoms with Gasteiger partial charge in [0.1, 0.15) is 5.82 Å². The van der Waals surface area contributed by atoms with Crippen molar-refractivity contribution in [2.45, 2.75) is 32.3 Å². The first-order valence-electron chi connectivity index (χ1n) is 7.65. The van der Waals surface area contributed by atoms with E-state index in [2.05, 4.69) is 15.2 Å². The minimum absolute atomic E-state index is 0.185. The van der Waals surface area contributed by atoms with Crippen molar-refractivity contribution in [2.24, 2.45) is 4.99 Å². The van der Waals surface area contributed by atoms with Gasteiger partial charge in [-0.05, 0) is 43.9 Å². The lowest BCUT2D eigenvalue weighted by Crippen LogP contribution is -2.40. The molecule has 2 rings (SSSR count). The van der Waals surface area contributed by atoms with Crippen LogP contribution < -0.4 is 5.32 Å². The zero-order valence-electron chi connectivity index (χ0n) is 12.6. The molecule has 1 heterocycles. The minimum Gasteiger partial charge on any atom is -0.391 e. The monoisotopic (exact) mass is 293 g/mol. The molecule has 0 saturated carbocycles. The highest BCUT2D eigenvalue weighted by atomic mass is 19.1. The van der Waals surface area contributed by atoms with Gasteiger partial charge >= 0.3 is 0 Å². The average Bonchev–Trinajstić information content (AvgIpc) is 2.89. The summed E-state index contributed by atoms with van der Waals surface area (Å²) in [5.41, 5.74) is 1.01. The van der Waals surface area contributed by atoms with Crippen molar-refractivity contribution in [3.63, 3.8) is 0 Å². The minimum atomic E-state index is -0.249. The molecule has 0 bridgehead atoms. The Morgan fingerprint density at radius 3 is 3.05 bits per heavy atom. The average molecular weight is 293 g/mol. The Labute approximate surface area is 125 Å². The van der Waals surface area contributed by atoms with Crippen LogP contribution in [0.5, 0.6) is 0 Å². The van der Waals surface area contributed by atoms with E-state index in [1.54, 1.807) is 12.1 Å². The van der Waals surface area contributed by atoms with E-state index in [1.807, 2.05) is 13.0 Å². The zero-order chi connectivity index (χ0) is 15.1. The predicted octanol–water partition coefficient (Wildman–Crippen LogP) is 1.79. The first-order chi connectivity index (χ1) is 10.2. The second-order valence-corrected chi connectivity index (χ2v) is 5.36. The molecule has 0 radical (unpaired) electrons. The molecule has 0 unspecified atom stereocenters. The van der Waals surface area contributed by atoms with Crippen molar-refractivity contribution in [3.05, 3.63) is 35.6 Å². The van der Waals surface area contributed by atoms with Crippen LogP contribution in [0.1, 0.15) is 25.3 Å². The molecule has 1 aliphatic heterocycles. The molecular formula is C16H24FN3O. The van der Waals surface area contributed by atoms with E-state index in [-0.39, 0.29) is 11.9 Å². The number of benzene rings is 1. The Morgan fingerprint density at radius 2 is 2.38 bits per heavy atom. The fourth-order valence-electron chi connectivity index (χ4n) is 2.52. The number of nitrogens with one attached hydrogen (secondary N) is 1. The van der Waals surface area contributed by atoms with Crippen LogP contribution in [-0.2, 0) is 6.42 Å². The Hall–Kier alpha value is -1.62. The molecule has 1 fully saturated rings. The van der Waals surface area contributed by atoms with Crippen molar-refractivity contribution in [1.82, 2.24) is 10.2 Å². The first kappa shape index (κ1) is 15.8. The number of nitrogens with zero attached hydrogens (tertiary/aromatic N) is 2. The van der Waals surface area contributed by atoms with Gasteiger partial charge in [-0.15, -0.1) is 0 Å². The molecule has 2 N–H and O–H groups in total. The topological polar surface area (TPSA) is 47.9 Å². The summed E-state index contributed by atoms with van der Waals surface area (Å²) in [6, 6.07) is 6.72. The van der Waals surface area contributed by atoms with Crippen molar-refractivity contribution in [2.75, 3.05) is 26.2 Å². The lowest BCUT2D eigenvalue weighted by molar-refractivity contribution is 0.188. The van der Waals surface area contributed by atoms with Crippen LogP contribution in [0.15, 0.2) is 29.3 Å². The molecule has 0 spiro atoms. The lowest BCUT2D eigenvalue weighted by Gasteiger charge is -2.20. The Bertz CT molecular complexity index is 478. The Balaban J connectivity index is 1.82. The number of aliphatic hydroxyl groups excluding tert-OH is 1. The molecule has 116 valence electrons. The molecule has 21 heavy (non-hydrogen) atoms. The van der Waals surface area contributed by atoms with Crippen LogP contribution in [0.4, 0.5) is 4.39 Å². The van der Waals surface area contributed by atoms with Gasteiger partial charge in [-0.25, -0.2) is 4.39 Å². The number of hydrogen-bond acceptors (Lipinski definition) is 2. The number of halogens is 1. The normalized spacial score (nSPS) is 19.1.